The minimum atomic E-state index is -1.14. The SMILES string of the molecule is CCC=CCC=CCC=CCC=CCCOC(CC)C(=O)Oc1ccccc1C(=O)O. The van der Waals surface area contributed by atoms with Gasteiger partial charge in [-0.15, -0.1) is 0 Å². The second-order valence-corrected chi connectivity index (χ2v) is 6.78. The Hall–Kier alpha value is -2.92. The lowest BCUT2D eigenvalue weighted by molar-refractivity contribution is -0.147. The molecule has 0 aliphatic rings. The molecule has 1 N–H and O–H groups in total. The van der Waals surface area contributed by atoms with Crippen molar-refractivity contribution in [3.8, 4) is 5.75 Å². The first-order valence-electron chi connectivity index (χ1n) is 10.9. The molecule has 0 aliphatic heterocycles. The van der Waals surface area contributed by atoms with Crippen LogP contribution < -0.4 is 4.74 Å². The van der Waals surface area contributed by atoms with Gasteiger partial charge in [-0.25, -0.2) is 9.59 Å². The van der Waals surface area contributed by atoms with Gasteiger partial charge in [0, 0.05) is 0 Å². The molecule has 0 radical (unpaired) electrons. The van der Waals surface area contributed by atoms with Crippen LogP contribution in [0.3, 0.4) is 0 Å². The van der Waals surface area contributed by atoms with Crippen molar-refractivity contribution in [2.45, 2.75) is 58.5 Å². The molecule has 1 aromatic rings. The van der Waals surface area contributed by atoms with Gasteiger partial charge in [0.2, 0.25) is 0 Å². The molecule has 0 fully saturated rings. The molecule has 0 saturated heterocycles. The van der Waals surface area contributed by atoms with Crippen molar-refractivity contribution in [3.63, 3.8) is 0 Å². The Bertz CT molecular complexity index is 774. The highest BCUT2D eigenvalue weighted by atomic mass is 16.6. The lowest BCUT2D eigenvalue weighted by Crippen LogP contribution is -2.29. The Kier molecular flexibility index (Phi) is 14.2. The third kappa shape index (κ3) is 11.7. The molecule has 31 heavy (non-hydrogen) atoms. The summed E-state index contributed by atoms with van der Waals surface area (Å²) >= 11 is 0. The van der Waals surface area contributed by atoms with E-state index in [1.807, 2.05) is 13.0 Å². The minimum absolute atomic E-state index is 0.0287. The molecule has 0 amide bonds. The number of carbonyl (C=O) groups is 2. The van der Waals surface area contributed by atoms with Crippen LogP contribution >= 0.6 is 0 Å². The van der Waals surface area contributed by atoms with Crippen LogP contribution in [-0.4, -0.2) is 29.8 Å². The number of hydrogen-bond donors (Lipinski definition) is 1. The molecule has 1 atom stereocenters. The third-order valence-corrected chi connectivity index (χ3v) is 4.28. The first kappa shape index (κ1) is 26.1. The van der Waals surface area contributed by atoms with Crippen LogP contribution in [0.2, 0.25) is 0 Å². The normalized spacial score (nSPS) is 13.0. The molecular weight excluding hydrogens is 392 g/mol. The summed E-state index contributed by atoms with van der Waals surface area (Å²) in [4.78, 5) is 23.5. The number of hydrogen-bond acceptors (Lipinski definition) is 4. The van der Waals surface area contributed by atoms with Crippen LogP contribution in [-0.2, 0) is 9.53 Å². The Morgan fingerprint density at radius 3 is 2.06 bits per heavy atom. The summed E-state index contributed by atoms with van der Waals surface area (Å²) < 4.78 is 10.9. The molecule has 0 aliphatic carbocycles. The van der Waals surface area contributed by atoms with E-state index in [0.717, 1.165) is 25.7 Å². The predicted octanol–water partition coefficient (Wildman–Crippen LogP) is 6.28. The van der Waals surface area contributed by atoms with E-state index >= 15 is 0 Å². The topological polar surface area (TPSA) is 72.8 Å². The second-order valence-electron chi connectivity index (χ2n) is 6.78. The molecular formula is C26H34O5. The van der Waals surface area contributed by atoms with E-state index in [0.29, 0.717) is 19.4 Å². The van der Waals surface area contributed by atoms with Crippen molar-refractivity contribution in [1.82, 2.24) is 0 Å². The Morgan fingerprint density at radius 1 is 0.903 bits per heavy atom. The maximum absolute atomic E-state index is 12.3. The molecule has 1 rings (SSSR count). The maximum atomic E-state index is 12.3. The second kappa shape index (κ2) is 16.8. The summed E-state index contributed by atoms with van der Waals surface area (Å²) in [5.74, 6) is -1.70. The van der Waals surface area contributed by atoms with Crippen molar-refractivity contribution in [2.24, 2.45) is 0 Å². The number of carboxylic acids is 1. The van der Waals surface area contributed by atoms with Gasteiger partial charge in [-0.05, 0) is 50.7 Å². The van der Waals surface area contributed by atoms with Gasteiger partial charge in [-0.1, -0.05) is 74.6 Å². The van der Waals surface area contributed by atoms with Gasteiger partial charge in [0.05, 0.1) is 6.61 Å². The Morgan fingerprint density at radius 2 is 1.48 bits per heavy atom. The molecule has 0 heterocycles. The van der Waals surface area contributed by atoms with Crippen LogP contribution in [0.5, 0.6) is 5.75 Å². The van der Waals surface area contributed by atoms with E-state index in [9.17, 15) is 14.7 Å². The van der Waals surface area contributed by atoms with E-state index in [4.69, 9.17) is 9.47 Å². The molecule has 5 heteroatoms. The zero-order chi connectivity index (χ0) is 22.7. The molecule has 1 aromatic carbocycles. The number of allylic oxidation sites excluding steroid dienone is 7. The van der Waals surface area contributed by atoms with Crippen LogP contribution in [0, 0.1) is 0 Å². The summed E-state index contributed by atoms with van der Waals surface area (Å²) in [6.07, 6.45) is 21.3. The van der Waals surface area contributed by atoms with Crippen LogP contribution in [0.4, 0.5) is 0 Å². The molecule has 0 bridgehead atoms. The number of carbonyl (C=O) groups excluding carboxylic acids is 1. The highest BCUT2D eigenvalue weighted by Gasteiger charge is 2.21. The largest absolute Gasteiger partial charge is 0.478 e. The average molecular weight is 427 g/mol. The summed E-state index contributed by atoms with van der Waals surface area (Å²) in [6.45, 7) is 4.34. The number of carboxylic acid groups (broad SMARTS) is 1. The van der Waals surface area contributed by atoms with E-state index in [-0.39, 0.29) is 11.3 Å². The molecule has 168 valence electrons. The summed E-state index contributed by atoms with van der Waals surface area (Å²) in [7, 11) is 0. The molecule has 1 unspecified atom stereocenters. The van der Waals surface area contributed by atoms with Crippen LogP contribution in [0.1, 0.15) is 62.7 Å². The van der Waals surface area contributed by atoms with E-state index in [2.05, 4.69) is 49.5 Å². The number of para-hydroxylation sites is 1. The van der Waals surface area contributed by atoms with Gasteiger partial charge < -0.3 is 14.6 Å². The highest BCUT2D eigenvalue weighted by molar-refractivity contribution is 5.92. The molecule has 5 nitrogen and oxygen atoms in total. The fourth-order valence-electron chi connectivity index (χ4n) is 2.63. The zero-order valence-corrected chi connectivity index (χ0v) is 18.5. The number of ether oxygens (including phenoxy) is 2. The number of benzene rings is 1. The fraction of sp³-hybridized carbons (Fsp3) is 0.385. The van der Waals surface area contributed by atoms with Gasteiger partial charge in [0.25, 0.3) is 0 Å². The monoisotopic (exact) mass is 426 g/mol. The average Bonchev–Trinajstić information content (AvgIpc) is 2.76. The number of rotatable bonds is 15. The van der Waals surface area contributed by atoms with E-state index in [1.54, 1.807) is 12.1 Å². The predicted molar refractivity (Wildman–Crippen MR) is 124 cm³/mol. The maximum Gasteiger partial charge on any atom is 0.340 e. The van der Waals surface area contributed by atoms with E-state index < -0.39 is 18.0 Å². The van der Waals surface area contributed by atoms with Gasteiger partial charge in [0.15, 0.2) is 6.10 Å². The smallest absolute Gasteiger partial charge is 0.340 e. The molecule has 0 aromatic heterocycles. The third-order valence-electron chi connectivity index (χ3n) is 4.28. The number of esters is 1. The van der Waals surface area contributed by atoms with E-state index in [1.165, 1.54) is 12.1 Å². The molecule has 0 saturated carbocycles. The lowest BCUT2D eigenvalue weighted by Gasteiger charge is -2.15. The van der Waals surface area contributed by atoms with Gasteiger partial charge in [-0.3, -0.25) is 0 Å². The van der Waals surface area contributed by atoms with Crippen molar-refractivity contribution in [2.75, 3.05) is 6.61 Å². The Balaban J connectivity index is 2.28. The van der Waals surface area contributed by atoms with Crippen LogP contribution in [0.15, 0.2) is 72.9 Å². The Labute approximate surface area is 185 Å². The minimum Gasteiger partial charge on any atom is -0.478 e. The van der Waals surface area contributed by atoms with Crippen LogP contribution in [0.25, 0.3) is 0 Å². The molecule has 0 spiro atoms. The van der Waals surface area contributed by atoms with Gasteiger partial charge >= 0.3 is 11.9 Å². The number of aromatic carboxylic acids is 1. The van der Waals surface area contributed by atoms with Crippen molar-refractivity contribution in [1.29, 1.82) is 0 Å². The van der Waals surface area contributed by atoms with Crippen molar-refractivity contribution in [3.05, 3.63) is 78.4 Å². The summed E-state index contributed by atoms with van der Waals surface area (Å²) in [5.41, 5.74) is -0.0505. The standard InChI is InChI=1S/C26H34O5/c1-3-5-6-7-8-9-10-11-12-13-14-15-18-21-30-23(4-2)26(29)31-24-20-17-16-19-22(24)25(27)28/h5-6,8-9,11-12,14-17,19-20,23H,3-4,7,10,13,18,21H2,1-2H3,(H,27,28). The first-order valence-corrected chi connectivity index (χ1v) is 10.9. The zero-order valence-electron chi connectivity index (χ0n) is 18.5. The van der Waals surface area contributed by atoms with Gasteiger partial charge in [0.1, 0.15) is 11.3 Å². The highest BCUT2D eigenvalue weighted by Crippen LogP contribution is 2.19. The van der Waals surface area contributed by atoms with Crippen molar-refractivity contribution >= 4 is 11.9 Å². The quantitative estimate of drug-likeness (QED) is 0.155. The fourth-order valence-corrected chi connectivity index (χ4v) is 2.63. The first-order chi connectivity index (χ1) is 15.1. The lowest BCUT2D eigenvalue weighted by atomic mass is 10.2. The summed E-state index contributed by atoms with van der Waals surface area (Å²) in [6, 6.07) is 6.06. The van der Waals surface area contributed by atoms with Crippen molar-refractivity contribution < 1.29 is 24.2 Å². The summed E-state index contributed by atoms with van der Waals surface area (Å²) in [5, 5.41) is 9.18. The van der Waals surface area contributed by atoms with Gasteiger partial charge in [-0.2, -0.15) is 0 Å².